The van der Waals surface area contributed by atoms with E-state index in [4.69, 9.17) is 14.9 Å². The molecule has 2 aliphatic heterocycles. The molecule has 1 unspecified atom stereocenters. The molecular formula is C19H28F3N5O4. The first-order chi connectivity index (χ1) is 14.5. The van der Waals surface area contributed by atoms with Crippen LogP contribution in [0.4, 0.5) is 24.9 Å². The Morgan fingerprint density at radius 3 is 2.42 bits per heavy atom. The van der Waals surface area contributed by atoms with Gasteiger partial charge in [0.05, 0.1) is 6.10 Å². The molecule has 31 heavy (non-hydrogen) atoms. The monoisotopic (exact) mass is 447 g/mol. The number of aromatic nitrogens is 2. The third-order valence-electron chi connectivity index (χ3n) is 5.71. The van der Waals surface area contributed by atoms with E-state index < -0.39 is 18.2 Å². The summed E-state index contributed by atoms with van der Waals surface area (Å²) in [5, 5.41) is 20.2. The van der Waals surface area contributed by atoms with Crippen molar-refractivity contribution in [2.24, 2.45) is 5.41 Å². The Labute approximate surface area is 178 Å². The Morgan fingerprint density at radius 1 is 1.32 bits per heavy atom. The summed E-state index contributed by atoms with van der Waals surface area (Å²) in [7, 11) is 0. The first-order valence-corrected chi connectivity index (χ1v) is 10.1. The quantitative estimate of drug-likeness (QED) is 0.634. The molecule has 174 valence electrons. The van der Waals surface area contributed by atoms with Crippen molar-refractivity contribution in [2.75, 3.05) is 42.5 Å². The number of carboxylic acids is 1. The zero-order chi connectivity index (χ0) is 23.2. The summed E-state index contributed by atoms with van der Waals surface area (Å²) in [6.45, 7) is 7.97. The summed E-state index contributed by atoms with van der Waals surface area (Å²) < 4.78 is 31.7. The predicted octanol–water partition coefficient (Wildman–Crippen LogP) is 1.42. The highest BCUT2D eigenvalue weighted by molar-refractivity contribution is 5.78. The van der Waals surface area contributed by atoms with Crippen LogP contribution in [0.1, 0.15) is 33.1 Å². The molecule has 3 N–H and O–H groups in total. The van der Waals surface area contributed by atoms with E-state index in [-0.39, 0.29) is 11.3 Å². The van der Waals surface area contributed by atoms with Gasteiger partial charge in [-0.2, -0.15) is 18.2 Å². The van der Waals surface area contributed by atoms with Crippen molar-refractivity contribution >= 4 is 23.6 Å². The summed E-state index contributed by atoms with van der Waals surface area (Å²) in [4.78, 5) is 34.1. The molecule has 1 aromatic rings. The molecule has 2 aliphatic rings. The highest BCUT2D eigenvalue weighted by atomic mass is 19.4. The Kier molecular flexibility index (Phi) is 8.04. The minimum Gasteiger partial charge on any atom is -0.475 e. The van der Waals surface area contributed by atoms with Crippen LogP contribution >= 0.6 is 0 Å². The van der Waals surface area contributed by atoms with E-state index in [2.05, 4.69) is 33.9 Å². The second-order valence-corrected chi connectivity index (χ2v) is 7.54. The maximum absolute atomic E-state index is 11.8. The zero-order valence-corrected chi connectivity index (χ0v) is 17.5. The number of carboxylic acid groups (broad SMARTS) is 1. The van der Waals surface area contributed by atoms with Gasteiger partial charge in [0, 0.05) is 50.8 Å². The molecule has 2 fully saturated rings. The van der Waals surface area contributed by atoms with Gasteiger partial charge in [-0.05, 0) is 32.8 Å². The highest BCUT2D eigenvalue weighted by Crippen LogP contribution is 2.40. The molecule has 0 radical (unpaired) electrons. The lowest BCUT2D eigenvalue weighted by Gasteiger charge is -2.46. The predicted molar refractivity (Wildman–Crippen MR) is 107 cm³/mol. The smallest absolute Gasteiger partial charge is 0.475 e. The van der Waals surface area contributed by atoms with Crippen LogP contribution in [0.15, 0.2) is 12.3 Å². The number of carbonyl (C=O) groups excluding carboxylic acids is 1. The van der Waals surface area contributed by atoms with Crippen molar-refractivity contribution in [3.05, 3.63) is 12.3 Å². The van der Waals surface area contributed by atoms with Gasteiger partial charge in [0.2, 0.25) is 11.9 Å². The molecule has 0 aliphatic carbocycles. The van der Waals surface area contributed by atoms with Crippen LogP contribution in [0.25, 0.3) is 0 Å². The van der Waals surface area contributed by atoms with Crippen LogP contribution in [0.5, 0.6) is 0 Å². The number of piperidine rings is 2. The standard InChI is InChI=1S/C17H27N5O2.C2HF3O2/c1-3-21(4-2)14-5-8-18-16(20-14)22-9-6-17(7-10-22)11-15(24)19-12-13(17)23;3-2(4,5)1(6)7/h5,8,13,23H,3-4,6-7,9-12H2,1-2H3,(H,19,24);(H,6,7). The Hall–Kier alpha value is -2.63. The molecule has 1 spiro atoms. The van der Waals surface area contributed by atoms with Crippen molar-refractivity contribution < 1.29 is 33.0 Å². The van der Waals surface area contributed by atoms with Crippen molar-refractivity contribution in [2.45, 2.75) is 45.4 Å². The van der Waals surface area contributed by atoms with Gasteiger partial charge >= 0.3 is 12.1 Å². The third kappa shape index (κ3) is 6.18. The maximum atomic E-state index is 11.8. The number of rotatable bonds is 4. The topological polar surface area (TPSA) is 119 Å². The van der Waals surface area contributed by atoms with Crippen LogP contribution in [-0.2, 0) is 9.59 Å². The number of aliphatic hydroxyl groups excluding tert-OH is 1. The number of β-amino-alcohol motifs (C(OH)–C–C–N with tert-alkyl or cyclic N) is 1. The molecule has 2 saturated heterocycles. The molecule has 1 amide bonds. The molecule has 3 heterocycles. The molecule has 1 aromatic heterocycles. The minimum atomic E-state index is -5.08. The van der Waals surface area contributed by atoms with Crippen LogP contribution in [0.2, 0.25) is 0 Å². The minimum absolute atomic E-state index is 0.0496. The average Bonchev–Trinajstić information content (AvgIpc) is 2.72. The van der Waals surface area contributed by atoms with E-state index in [9.17, 15) is 23.1 Å². The second kappa shape index (κ2) is 10.1. The SMILES string of the molecule is CCN(CC)c1ccnc(N2CCC3(CC2)CC(=O)NCC3O)n1.O=C(O)C(F)(F)F. The fourth-order valence-electron chi connectivity index (χ4n) is 3.80. The summed E-state index contributed by atoms with van der Waals surface area (Å²) >= 11 is 0. The van der Waals surface area contributed by atoms with Gasteiger partial charge in [0.15, 0.2) is 0 Å². The van der Waals surface area contributed by atoms with Crippen molar-refractivity contribution in [3.63, 3.8) is 0 Å². The Balaban J connectivity index is 0.000000423. The van der Waals surface area contributed by atoms with Crippen molar-refractivity contribution in [1.82, 2.24) is 15.3 Å². The lowest BCUT2D eigenvalue weighted by molar-refractivity contribution is -0.192. The zero-order valence-electron chi connectivity index (χ0n) is 17.5. The van der Waals surface area contributed by atoms with Crippen molar-refractivity contribution in [1.29, 1.82) is 0 Å². The maximum Gasteiger partial charge on any atom is 0.490 e. The number of aliphatic carboxylic acids is 1. The van der Waals surface area contributed by atoms with Crippen LogP contribution < -0.4 is 15.1 Å². The van der Waals surface area contributed by atoms with E-state index >= 15 is 0 Å². The van der Waals surface area contributed by atoms with Crippen LogP contribution in [0.3, 0.4) is 0 Å². The van der Waals surface area contributed by atoms with E-state index in [0.29, 0.717) is 13.0 Å². The molecule has 9 nitrogen and oxygen atoms in total. The van der Waals surface area contributed by atoms with Gasteiger partial charge < -0.3 is 25.3 Å². The number of nitrogens with zero attached hydrogens (tertiary/aromatic N) is 4. The summed E-state index contributed by atoms with van der Waals surface area (Å²) in [5.74, 6) is -1.02. The lowest BCUT2D eigenvalue weighted by atomic mass is 9.69. The van der Waals surface area contributed by atoms with Crippen LogP contribution in [-0.4, -0.2) is 77.1 Å². The number of hydrogen-bond acceptors (Lipinski definition) is 7. The number of hydrogen-bond donors (Lipinski definition) is 3. The molecule has 0 saturated carbocycles. The van der Waals surface area contributed by atoms with Gasteiger partial charge in [-0.3, -0.25) is 4.79 Å². The summed E-state index contributed by atoms with van der Waals surface area (Å²) in [5.41, 5.74) is -0.282. The number of carbonyl (C=O) groups is 2. The van der Waals surface area contributed by atoms with Crippen molar-refractivity contribution in [3.8, 4) is 0 Å². The van der Waals surface area contributed by atoms with Gasteiger partial charge in [0.1, 0.15) is 5.82 Å². The number of alkyl halides is 3. The van der Waals surface area contributed by atoms with Gasteiger partial charge in [-0.25, -0.2) is 9.78 Å². The molecule has 3 rings (SSSR count). The fourth-order valence-corrected chi connectivity index (χ4v) is 3.80. The molecule has 0 aromatic carbocycles. The Morgan fingerprint density at radius 2 is 1.90 bits per heavy atom. The average molecular weight is 447 g/mol. The molecular weight excluding hydrogens is 419 g/mol. The van der Waals surface area contributed by atoms with Gasteiger partial charge in [0.25, 0.3) is 0 Å². The van der Waals surface area contributed by atoms with Gasteiger partial charge in [-0.15, -0.1) is 0 Å². The third-order valence-corrected chi connectivity index (χ3v) is 5.71. The lowest BCUT2D eigenvalue weighted by Crippen LogP contribution is -2.56. The largest absolute Gasteiger partial charge is 0.490 e. The normalized spacial score (nSPS) is 20.5. The highest BCUT2D eigenvalue weighted by Gasteiger charge is 2.45. The number of anilines is 2. The number of halogens is 3. The summed E-state index contributed by atoms with van der Waals surface area (Å²) in [6.07, 6.45) is -1.73. The number of aliphatic hydroxyl groups is 1. The summed E-state index contributed by atoms with van der Waals surface area (Å²) in [6, 6.07) is 1.94. The molecule has 1 atom stereocenters. The van der Waals surface area contributed by atoms with E-state index in [1.54, 1.807) is 0 Å². The van der Waals surface area contributed by atoms with E-state index in [1.165, 1.54) is 0 Å². The van der Waals surface area contributed by atoms with E-state index in [0.717, 1.165) is 50.8 Å². The first-order valence-electron chi connectivity index (χ1n) is 10.1. The number of amides is 1. The van der Waals surface area contributed by atoms with Gasteiger partial charge in [-0.1, -0.05) is 0 Å². The number of nitrogens with one attached hydrogen (secondary N) is 1. The second-order valence-electron chi connectivity index (χ2n) is 7.54. The first kappa shape index (κ1) is 24.6. The Bertz CT molecular complexity index is 765. The fraction of sp³-hybridized carbons (Fsp3) is 0.684. The molecule has 12 heteroatoms. The molecule has 0 bridgehead atoms. The van der Waals surface area contributed by atoms with Crippen LogP contribution in [0, 0.1) is 5.41 Å². The van der Waals surface area contributed by atoms with E-state index in [1.807, 2.05) is 12.3 Å².